The molecule has 1 fully saturated rings. The van der Waals surface area contributed by atoms with Crippen molar-refractivity contribution in [1.82, 2.24) is 19.9 Å². The molecule has 134 valence electrons. The van der Waals surface area contributed by atoms with Crippen LogP contribution in [0.2, 0.25) is 0 Å². The first kappa shape index (κ1) is 17.6. The van der Waals surface area contributed by atoms with Crippen LogP contribution in [0.1, 0.15) is 23.5 Å². The number of hydrogen-bond donors (Lipinski definition) is 1. The molecule has 2 aromatic heterocycles. The van der Waals surface area contributed by atoms with E-state index in [0.717, 1.165) is 56.3 Å². The maximum absolute atomic E-state index is 12.7. The summed E-state index contributed by atoms with van der Waals surface area (Å²) in [5, 5.41) is 3.08. The maximum atomic E-state index is 12.7. The van der Waals surface area contributed by atoms with Crippen molar-refractivity contribution in [3.63, 3.8) is 0 Å². The fraction of sp³-hybridized carbons (Fsp3) is 0.471. The summed E-state index contributed by atoms with van der Waals surface area (Å²) in [7, 11) is 0. The molecule has 3 rings (SSSR count). The summed E-state index contributed by atoms with van der Waals surface area (Å²) in [5.74, 6) is 0.217. The molecule has 0 spiro atoms. The van der Waals surface area contributed by atoms with Gasteiger partial charge in [-0.15, -0.1) is 0 Å². The Balaban J connectivity index is 1.51. The molecule has 0 radical (unpaired) electrons. The van der Waals surface area contributed by atoms with E-state index in [0.29, 0.717) is 0 Å². The number of likely N-dealkylation sites (tertiary alicyclic amines) is 1. The number of nitrogens with one attached hydrogen (secondary N) is 1. The van der Waals surface area contributed by atoms with Gasteiger partial charge >= 0.3 is 6.18 Å². The van der Waals surface area contributed by atoms with Gasteiger partial charge in [0.15, 0.2) is 0 Å². The SMILES string of the molecule is Cc1cccc(CCN2CCC(Nc3cc(C(F)(F)F)ncn3)C2)n1. The lowest BCUT2D eigenvalue weighted by Crippen LogP contribution is -2.28. The van der Waals surface area contributed by atoms with E-state index in [1.807, 2.05) is 25.1 Å². The van der Waals surface area contributed by atoms with Crippen LogP contribution in [0.4, 0.5) is 19.0 Å². The molecular weight excluding hydrogens is 331 g/mol. The van der Waals surface area contributed by atoms with E-state index in [1.165, 1.54) is 0 Å². The quantitative estimate of drug-likeness (QED) is 0.898. The van der Waals surface area contributed by atoms with Gasteiger partial charge in [-0.25, -0.2) is 9.97 Å². The first-order valence-corrected chi connectivity index (χ1v) is 8.21. The van der Waals surface area contributed by atoms with E-state index < -0.39 is 11.9 Å². The minimum absolute atomic E-state index is 0.0847. The minimum Gasteiger partial charge on any atom is -0.366 e. The van der Waals surface area contributed by atoms with E-state index in [2.05, 4.69) is 25.2 Å². The van der Waals surface area contributed by atoms with Gasteiger partial charge in [-0.2, -0.15) is 13.2 Å². The monoisotopic (exact) mass is 351 g/mol. The molecule has 8 heteroatoms. The number of aromatic nitrogens is 3. The standard InChI is InChI=1S/C17H20F3N5/c1-12-3-2-4-13(23-12)5-7-25-8-6-14(10-25)24-16-9-15(17(18,19)20)21-11-22-16/h2-4,9,11,14H,5-8,10H2,1H3,(H,21,22,24). The molecule has 1 N–H and O–H groups in total. The van der Waals surface area contributed by atoms with Crippen LogP contribution in [0.5, 0.6) is 0 Å². The van der Waals surface area contributed by atoms with Crippen molar-refractivity contribution in [3.8, 4) is 0 Å². The summed E-state index contributed by atoms with van der Waals surface area (Å²) in [5.41, 5.74) is 1.13. The molecule has 0 aliphatic carbocycles. The molecule has 0 bridgehead atoms. The highest BCUT2D eigenvalue weighted by Gasteiger charge is 2.33. The van der Waals surface area contributed by atoms with Crippen molar-refractivity contribution in [1.29, 1.82) is 0 Å². The fourth-order valence-corrected chi connectivity index (χ4v) is 2.97. The summed E-state index contributed by atoms with van der Waals surface area (Å²) in [6.45, 7) is 4.53. The lowest BCUT2D eigenvalue weighted by Gasteiger charge is -2.17. The summed E-state index contributed by atoms with van der Waals surface area (Å²) in [4.78, 5) is 13.9. The van der Waals surface area contributed by atoms with Crippen LogP contribution in [0.15, 0.2) is 30.6 Å². The van der Waals surface area contributed by atoms with E-state index in [1.54, 1.807) is 0 Å². The molecule has 1 aliphatic heterocycles. The van der Waals surface area contributed by atoms with Crippen molar-refractivity contribution in [2.75, 3.05) is 25.0 Å². The largest absolute Gasteiger partial charge is 0.433 e. The van der Waals surface area contributed by atoms with Gasteiger partial charge in [0.1, 0.15) is 17.8 Å². The smallest absolute Gasteiger partial charge is 0.366 e. The molecule has 1 unspecified atom stereocenters. The van der Waals surface area contributed by atoms with E-state index in [-0.39, 0.29) is 11.9 Å². The van der Waals surface area contributed by atoms with Crippen molar-refractivity contribution in [3.05, 3.63) is 47.7 Å². The van der Waals surface area contributed by atoms with Crippen molar-refractivity contribution in [2.24, 2.45) is 0 Å². The van der Waals surface area contributed by atoms with Gasteiger partial charge in [0.25, 0.3) is 0 Å². The molecule has 25 heavy (non-hydrogen) atoms. The molecule has 5 nitrogen and oxygen atoms in total. The number of rotatable bonds is 5. The van der Waals surface area contributed by atoms with E-state index >= 15 is 0 Å². The van der Waals surface area contributed by atoms with Gasteiger partial charge in [-0.3, -0.25) is 4.98 Å². The normalized spacial score (nSPS) is 18.5. The number of alkyl halides is 3. The van der Waals surface area contributed by atoms with Gasteiger partial charge in [0.2, 0.25) is 0 Å². The highest BCUT2D eigenvalue weighted by molar-refractivity contribution is 5.37. The van der Waals surface area contributed by atoms with Crippen molar-refractivity contribution >= 4 is 5.82 Å². The number of hydrogen-bond acceptors (Lipinski definition) is 5. The van der Waals surface area contributed by atoms with Crippen LogP contribution in [0.25, 0.3) is 0 Å². The number of anilines is 1. The molecule has 1 saturated heterocycles. The predicted molar refractivity (Wildman–Crippen MR) is 88.2 cm³/mol. The van der Waals surface area contributed by atoms with E-state index in [4.69, 9.17) is 0 Å². The molecule has 0 saturated carbocycles. The Morgan fingerprint density at radius 3 is 2.88 bits per heavy atom. The number of halogens is 3. The third kappa shape index (κ3) is 4.88. The first-order valence-electron chi connectivity index (χ1n) is 8.21. The van der Waals surface area contributed by atoms with Gasteiger partial charge in [-0.05, 0) is 25.5 Å². The number of nitrogens with zero attached hydrogens (tertiary/aromatic N) is 4. The van der Waals surface area contributed by atoms with Gasteiger partial charge in [0.05, 0.1) is 0 Å². The minimum atomic E-state index is -4.46. The topological polar surface area (TPSA) is 53.9 Å². The lowest BCUT2D eigenvalue weighted by atomic mass is 10.2. The highest BCUT2D eigenvalue weighted by Crippen LogP contribution is 2.28. The van der Waals surface area contributed by atoms with Crippen LogP contribution < -0.4 is 5.32 Å². The average Bonchev–Trinajstić information content (AvgIpc) is 3.00. The molecule has 3 heterocycles. The van der Waals surface area contributed by atoms with Gasteiger partial charge < -0.3 is 10.2 Å². The summed E-state index contributed by atoms with van der Waals surface area (Å²) < 4.78 is 38.1. The van der Waals surface area contributed by atoms with Crippen molar-refractivity contribution < 1.29 is 13.2 Å². The molecule has 0 amide bonds. The molecule has 1 aliphatic rings. The fourth-order valence-electron chi connectivity index (χ4n) is 2.97. The third-order valence-corrected chi connectivity index (χ3v) is 4.21. The first-order chi connectivity index (χ1) is 11.9. The van der Waals surface area contributed by atoms with Gasteiger partial charge in [0, 0.05) is 49.6 Å². The van der Waals surface area contributed by atoms with Gasteiger partial charge in [-0.1, -0.05) is 6.07 Å². The summed E-state index contributed by atoms with van der Waals surface area (Å²) in [6, 6.07) is 7.02. The number of aryl methyl sites for hydroxylation is 1. The van der Waals surface area contributed by atoms with Crippen LogP contribution in [0, 0.1) is 6.92 Å². The summed E-state index contributed by atoms with van der Waals surface area (Å²) in [6.07, 6.45) is -1.78. The number of pyridine rings is 1. The Morgan fingerprint density at radius 2 is 2.12 bits per heavy atom. The second-order valence-corrected chi connectivity index (χ2v) is 6.24. The molecular formula is C17H20F3N5. The van der Waals surface area contributed by atoms with Crippen LogP contribution in [-0.4, -0.2) is 45.5 Å². The van der Waals surface area contributed by atoms with Crippen LogP contribution in [0.3, 0.4) is 0 Å². The predicted octanol–water partition coefficient (Wildman–Crippen LogP) is 2.93. The maximum Gasteiger partial charge on any atom is 0.433 e. The van der Waals surface area contributed by atoms with Crippen molar-refractivity contribution in [2.45, 2.75) is 32.0 Å². The zero-order valence-corrected chi connectivity index (χ0v) is 13.9. The second-order valence-electron chi connectivity index (χ2n) is 6.24. The third-order valence-electron chi connectivity index (χ3n) is 4.21. The average molecular weight is 351 g/mol. The van der Waals surface area contributed by atoms with Crippen LogP contribution >= 0.6 is 0 Å². The Kier molecular flexibility index (Phi) is 5.17. The van der Waals surface area contributed by atoms with Crippen LogP contribution in [-0.2, 0) is 12.6 Å². The zero-order valence-electron chi connectivity index (χ0n) is 13.9. The molecule has 1 atom stereocenters. The Bertz CT molecular complexity index is 719. The lowest BCUT2D eigenvalue weighted by molar-refractivity contribution is -0.141. The molecule has 2 aromatic rings. The zero-order chi connectivity index (χ0) is 17.9. The van der Waals surface area contributed by atoms with E-state index in [9.17, 15) is 13.2 Å². The molecule has 0 aromatic carbocycles. The highest BCUT2D eigenvalue weighted by atomic mass is 19.4. The summed E-state index contributed by atoms with van der Waals surface area (Å²) >= 11 is 0. The second kappa shape index (κ2) is 7.35. The Morgan fingerprint density at radius 1 is 1.28 bits per heavy atom. The Hall–Kier alpha value is -2.22. The Labute approximate surface area is 144 Å².